The van der Waals surface area contributed by atoms with E-state index >= 15 is 0 Å². The highest BCUT2D eigenvalue weighted by Crippen LogP contribution is 2.19. The molecule has 1 unspecified atom stereocenters. The first kappa shape index (κ1) is 14.4. The molecule has 1 aliphatic heterocycles. The molecular weight excluding hydrogens is 264 g/mol. The Labute approximate surface area is 116 Å². The molecule has 0 aromatic heterocycles. The van der Waals surface area contributed by atoms with Crippen molar-refractivity contribution in [2.45, 2.75) is 25.3 Å². The van der Waals surface area contributed by atoms with Gasteiger partial charge in [0.05, 0.1) is 18.7 Å². The molecule has 4 nitrogen and oxygen atoms in total. The largest absolute Gasteiger partial charge is 0.325 e. The van der Waals surface area contributed by atoms with Crippen LogP contribution in [0.2, 0.25) is 0 Å². The van der Waals surface area contributed by atoms with E-state index in [2.05, 4.69) is 5.32 Å². The summed E-state index contributed by atoms with van der Waals surface area (Å²) >= 11 is 0. The van der Waals surface area contributed by atoms with Crippen LogP contribution in [0.15, 0.2) is 18.2 Å². The average Bonchev–Trinajstić information content (AvgIpc) is 2.38. The Hall–Kier alpha value is -2.00. The summed E-state index contributed by atoms with van der Waals surface area (Å²) in [4.78, 5) is 14.0. The van der Waals surface area contributed by atoms with Crippen LogP contribution in [0.3, 0.4) is 0 Å². The standard InChI is InChI=1S/C14H15F2N3O/c15-10-7-11(16)9-12(8-10)18-14(20)13-3-1-2-5-19(13)6-4-17/h7-9,13H,1-3,5-6H2,(H,18,20). The number of carbonyl (C=O) groups is 1. The Morgan fingerprint density at radius 3 is 2.70 bits per heavy atom. The second-order valence-electron chi connectivity index (χ2n) is 4.79. The molecule has 106 valence electrons. The Kier molecular flexibility index (Phi) is 4.64. The summed E-state index contributed by atoms with van der Waals surface area (Å²) in [5, 5.41) is 11.3. The highest BCUT2D eigenvalue weighted by molar-refractivity contribution is 5.94. The number of hydrogen-bond acceptors (Lipinski definition) is 3. The van der Waals surface area contributed by atoms with Gasteiger partial charge in [-0.3, -0.25) is 9.69 Å². The maximum absolute atomic E-state index is 13.1. The number of piperidine rings is 1. The van der Waals surface area contributed by atoms with Crippen LogP contribution in [0.4, 0.5) is 14.5 Å². The minimum absolute atomic E-state index is 0.0926. The van der Waals surface area contributed by atoms with E-state index in [1.54, 1.807) is 4.90 Å². The Balaban J connectivity index is 2.08. The van der Waals surface area contributed by atoms with Crippen LogP contribution in [-0.4, -0.2) is 29.9 Å². The molecule has 1 heterocycles. The fraction of sp³-hybridized carbons (Fsp3) is 0.429. The van der Waals surface area contributed by atoms with E-state index in [9.17, 15) is 13.6 Å². The number of nitriles is 1. The number of nitrogens with zero attached hydrogens (tertiary/aromatic N) is 2. The lowest BCUT2D eigenvalue weighted by atomic mass is 10.0. The van der Waals surface area contributed by atoms with Crippen molar-refractivity contribution in [2.75, 3.05) is 18.4 Å². The predicted octanol–water partition coefficient (Wildman–Crippen LogP) is 2.28. The molecule has 2 rings (SSSR count). The molecule has 1 fully saturated rings. The fourth-order valence-corrected chi connectivity index (χ4v) is 2.42. The summed E-state index contributed by atoms with van der Waals surface area (Å²) in [6, 6.07) is 4.49. The number of carbonyl (C=O) groups excluding carboxylic acids is 1. The smallest absolute Gasteiger partial charge is 0.241 e. The molecule has 1 aromatic rings. The zero-order valence-electron chi connectivity index (χ0n) is 10.9. The van der Waals surface area contributed by atoms with E-state index in [4.69, 9.17) is 5.26 Å². The molecule has 1 atom stereocenters. The van der Waals surface area contributed by atoms with Crippen molar-refractivity contribution in [1.29, 1.82) is 5.26 Å². The molecule has 1 aromatic carbocycles. The van der Waals surface area contributed by atoms with Gasteiger partial charge in [-0.25, -0.2) is 8.78 Å². The molecule has 0 bridgehead atoms. The minimum Gasteiger partial charge on any atom is -0.325 e. The minimum atomic E-state index is -0.738. The highest BCUT2D eigenvalue weighted by atomic mass is 19.1. The van der Waals surface area contributed by atoms with Crippen molar-refractivity contribution in [3.05, 3.63) is 29.8 Å². The molecule has 1 N–H and O–H groups in total. The molecule has 0 aliphatic carbocycles. The zero-order chi connectivity index (χ0) is 14.5. The van der Waals surface area contributed by atoms with Crippen LogP contribution in [0, 0.1) is 23.0 Å². The number of nitrogens with one attached hydrogen (secondary N) is 1. The first-order valence-corrected chi connectivity index (χ1v) is 6.48. The monoisotopic (exact) mass is 279 g/mol. The van der Waals surface area contributed by atoms with Crippen molar-refractivity contribution < 1.29 is 13.6 Å². The van der Waals surface area contributed by atoms with Crippen molar-refractivity contribution in [1.82, 2.24) is 4.90 Å². The van der Waals surface area contributed by atoms with Gasteiger partial charge in [0.1, 0.15) is 11.6 Å². The van der Waals surface area contributed by atoms with Crippen LogP contribution < -0.4 is 5.32 Å². The van der Waals surface area contributed by atoms with Crippen LogP contribution in [0.1, 0.15) is 19.3 Å². The van der Waals surface area contributed by atoms with E-state index in [0.717, 1.165) is 31.0 Å². The molecule has 1 aliphatic rings. The third-order valence-corrected chi connectivity index (χ3v) is 3.32. The number of amides is 1. The first-order chi connectivity index (χ1) is 9.60. The van der Waals surface area contributed by atoms with Gasteiger partial charge >= 0.3 is 0 Å². The van der Waals surface area contributed by atoms with E-state index in [1.807, 2.05) is 6.07 Å². The maximum Gasteiger partial charge on any atom is 0.241 e. The second kappa shape index (κ2) is 6.44. The van der Waals surface area contributed by atoms with Gasteiger partial charge in [-0.05, 0) is 31.5 Å². The van der Waals surface area contributed by atoms with Crippen LogP contribution >= 0.6 is 0 Å². The van der Waals surface area contributed by atoms with Crippen LogP contribution in [0.25, 0.3) is 0 Å². The first-order valence-electron chi connectivity index (χ1n) is 6.48. The summed E-state index contributed by atoms with van der Waals surface area (Å²) < 4.78 is 26.1. The summed E-state index contributed by atoms with van der Waals surface area (Å²) in [5.41, 5.74) is 0.0926. The van der Waals surface area contributed by atoms with Gasteiger partial charge in [0, 0.05) is 11.8 Å². The summed E-state index contributed by atoms with van der Waals surface area (Å²) in [6.45, 7) is 0.860. The molecule has 20 heavy (non-hydrogen) atoms. The number of halogens is 2. The lowest BCUT2D eigenvalue weighted by molar-refractivity contribution is -0.122. The van der Waals surface area contributed by atoms with Gasteiger partial charge in [-0.2, -0.15) is 5.26 Å². The van der Waals surface area contributed by atoms with Gasteiger partial charge in [0.25, 0.3) is 0 Å². The number of anilines is 1. The van der Waals surface area contributed by atoms with Gasteiger partial charge in [0.2, 0.25) is 5.91 Å². The van der Waals surface area contributed by atoms with E-state index in [-0.39, 0.29) is 18.1 Å². The van der Waals surface area contributed by atoms with E-state index in [1.165, 1.54) is 0 Å². The second-order valence-corrected chi connectivity index (χ2v) is 4.79. The Morgan fingerprint density at radius 1 is 1.35 bits per heavy atom. The molecule has 6 heteroatoms. The van der Waals surface area contributed by atoms with Crippen LogP contribution in [0.5, 0.6) is 0 Å². The lowest BCUT2D eigenvalue weighted by Crippen LogP contribution is -2.47. The van der Waals surface area contributed by atoms with Gasteiger partial charge in [-0.15, -0.1) is 0 Å². The van der Waals surface area contributed by atoms with Crippen molar-refractivity contribution >= 4 is 11.6 Å². The normalized spacial score (nSPS) is 19.4. The Morgan fingerprint density at radius 2 is 2.05 bits per heavy atom. The highest BCUT2D eigenvalue weighted by Gasteiger charge is 2.28. The van der Waals surface area contributed by atoms with Gasteiger partial charge in [0.15, 0.2) is 0 Å². The van der Waals surface area contributed by atoms with Crippen molar-refractivity contribution in [2.24, 2.45) is 0 Å². The number of benzene rings is 1. The lowest BCUT2D eigenvalue weighted by Gasteiger charge is -2.32. The topological polar surface area (TPSA) is 56.1 Å². The van der Waals surface area contributed by atoms with Crippen molar-refractivity contribution in [3.63, 3.8) is 0 Å². The fourth-order valence-electron chi connectivity index (χ4n) is 2.42. The maximum atomic E-state index is 13.1. The van der Waals surface area contributed by atoms with Crippen LogP contribution in [-0.2, 0) is 4.79 Å². The quantitative estimate of drug-likeness (QED) is 0.864. The molecular formula is C14H15F2N3O. The summed E-state index contributed by atoms with van der Waals surface area (Å²) in [5.74, 6) is -1.80. The van der Waals surface area contributed by atoms with Gasteiger partial charge < -0.3 is 5.32 Å². The number of hydrogen-bond donors (Lipinski definition) is 1. The summed E-state index contributed by atoms with van der Waals surface area (Å²) in [7, 11) is 0. The average molecular weight is 279 g/mol. The van der Waals surface area contributed by atoms with E-state index in [0.29, 0.717) is 13.0 Å². The SMILES string of the molecule is N#CCN1CCCCC1C(=O)Nc1cc(F)cc(F)c1. The third kappa shape index (κ3) is 3.52. The molecule has 0 saturated carbocycles. The number of likely N-dealkylation sites (tertiary alicyclic amines) is 1. The Bertz CT molecular complexity index is 521. The predicted molar refractivity (Wildman–Crippen MR) is 69.8 cm³/mol. The summed E-state index contributed by atoms with van der Waals surface area (Å²) in [6.07, 6.45) is 2.49. The number of rotatable bonds is 3. The molecule has 0 radical (unpaired) electrons. The zero-order valence-corrected chi connectivity index (χ0v) is 10.9. The molecule has 1 amide bonds. The van der Waals surface area contributed by atoms with Crippen molar-refractivity contribution in [3.8, 4) is 6.07 Å². The molecule has 0 spiro atoms. The van der Waals surface area contributed by atoms with E-state index < -0.39 is 17.7 Å². The van der Waals surface area contributed by atoms with Gasteiger partial charge in [-0.1, -0.05) is 6.42 Å². The third-order valence-electron chi connectivity index (χ3n) is 3.32. The molecule has 1 saturated heterocycles.